The van der Waals surface area contributed by atoms with Crippen LogP contribution in [0.25, 0.3) is 27.3 Å². The van der Waals surface area contributed by atoms with Crippen molar-refractivity contribution >= 4 is 27.3 Å². The minimum Gasteiger partial charge on any atom is -0.358 e. The van der Waals surface area contributed by atoms with Gasteiger partial charge in [-0.25, -0.2) is 0 Å². The van der Waals surface area contributed by atoms with E-state index in [1.165, 1.54) is 21.9 Å². The summed E-state index contributed by atoms with van der Waals surface area (Å²) in [5.74, 6) is 0. The molecule has 4 aromatic rings. The first kappa shape index (κ1) is 23.4. The van der Waals surface area contributed by atoms with Gasteiger partial charge in [0, 0.05) is 70.2 Å². The van der Waals surface area contributed by atoms with Crippen molar-refractivity contribution in [2.45, 2.75) is 34.1 Å². The molecule has 0 unspecified atom stereocenters. The molecule has 0 spiro atoms. The fourth-order valence-electron chi connectivity index (χ4n) is 3.44. The zero-order chi connectivity index (χ0) is 16.2. The topological polar surface area (TPSA) is 17.3 Å². The van der Waals surface area contributed by atoms with Gasteiger partial charge in [0.2, 0.25) is 0 Å². The van der Waals surface area contributed by atoms with Gasteiger partial charge in [0.1, 0.15) is 0 Å². The molecule has 4 heteroatoms. The maximum Gasteiger partial charge on any atom is 0.0611 e. The maximum absolute atomic E-state index is 4.70. The van der Waals surface area contributed by atoms with Crippen molar-refractivity contribution in [2.75, 3.05) is 0 Å². The van der Waals surface area contributed by atoms with Crippen LogP contribution in [0.4, 0.5) is 0 Å². The van der Waals surface area contributed by atoms with E-state index in [-0.39, 0.29) is 65.7 Å². The number of rotatable bonds is 1. The molecule has 2 nitrogen and oxygen atoms in total. The molecule has 0 aliphatic rings. The molecule has 2 radical (unpaired) electrons. The molecule has 0 amide bonds. The standard InChI is InChI=1S/C21H21N2.CH3.Ir.Y/c1-14-13-23-19-10-9-15(12-21(2,3)4)11-18(19)16-7-5-6-8-17(16)20(23)22-14;;;/h5-7,9-11,13H,12H2,1-4H3;1H3;;/q2*-1;;. The summed E-state index contributed by atoms with van der Waals surface area (Å²) in [6.45, 7) is 8.89. The van der Waals surface area contributed by atoms with Gasteiger partial charge in [-0.3, -0.25) is 4.98 Å². The third-order valence-corrected chi connectivity index (χ3v) is 4.25. The summed E-state index contributed by atoms with van der Waals surface area (Å²) >= 11 is 0. The molecule has 2 aromatic carbocycles. The average Bonchev–Trinajstić information content (AvgIpc) is 2.88. The van der Waals surface area contributed by atoms with Gasteiger partial charge in [-0.05, 0) is 35.8 Å². The smallest absolute Gasteiger partial charge is 0.0611 e. The normalized spacial score (nSPS) is 11.1. The van der Waals surface area contributed by atoms with Crippen molar-refractivity contribution < 1.29 is 52.8 Å². The van der Waals surface area contributed by atoms with Crippen LogP contribution in [0.2, 0.25) is 0 Å². The first-order chi connectivity index (χ1) is 10.9. The number of benzene rings is 2. The van der Waals surface area contributed by atoms with E-state index < -0.39 is 0 Å². The molecule has 2 heterocycles. The molecular formula is C22H24IrN2Y-2. The molecule has 0 fully saturated rings. The molecular weight excluding hydrogens is 573 g/mol. The molecule has 0 saturated heterocycles. The van der Waals surface area contributed by atoms with E-state index >= 15 is 0 Å². The Labute approximate surface area is 195 Å². The SMILES string of the molecule is Cc1cn2c3ccc(CC(C)(C)C)cc3c3ccc[c-]c3c2n1.[CH3-].[Ir].[Y]. The van der Waals surface area contributed by atoms with Crippen LogP contribution in [-0.4, -0.2) is 9.38 Å². The fraction of sp³-hybridized carbons (Fsp3) is 0.273. The second-order valence-corrected chi connectivity index (χ2v) is 7.62. The molecule has 0 N–H and O–H groups in total. The third kappa shape index (κ3) is 4.28. The van der Waals surface area contributed by atoms with E-state index in [9.17, 15) is 0 Å². The van der Waals surface area contributed by atoms with E-state index in [0.29, 0.717) is 0 Å². The van der Waals surface area contributed by atoms with Gasteiger partial charge < -0.3 is 11.8 Å². The molecule has 26 heavy (non-hydrogen) atoms. The van der Waals surface area contributed by atoms with Gasteiger partial charge in [-0.2, -0.15) is 0 Å². The zero-order valence-corrected chi connectivity index (χ0v) is 21.3. The van der Waals surface area contributed by atoms with E-state index in [1.807, 2.05) is 13.0 Å². The van der Waals surface area contributed by atoms with Gasteiger partial charge in [0.25, 0.3) is 0 Å². The number of nitrogens with zero attached hydrogens (tertiary/aromatic N) is 2. The number of imidazole rings is 1. The summed E-state index contributed by atoms with van der Waals surface area (Å²) < 4.78 is 2.20. The monoisotopic (exact) mass is 598 g/mol. The van der Waals surface area contributed by atoms with Crippen LogP contribution in [-0.2, 0) is 59.2 Å². The Morgan fingerprint density at radius 2 is 1.85 bits per heavy atom. The summed E-state index contributed by atoms with van der Waals surface area (Å²) in [5.41, 5.74) is 4.91. The Morgan fingerprint density at radius 3 is 2.54 bits per heavy atom. The largest absolute Gasteiger partial charge is 0.358 e. The summed E-state index contributed by atoms with van der Waals surface area (Å²) in [7, 11) is 0. The van der Waals surface area contributed by atoms with E-state index in [0.717, 1.165) is 23.1 Å². The second kappa shape index (κ2) is 8.61. The number of aryl methyl sites for hydroxylation is 1. The molecule has 0 saturated carbocycles. The van der Waals surface area contributed by atoms with Crippen LogP contribution < -0.4 is 0 Å². The Balaban J connectivity index is 0.00000113. The fourth-order valence-corrected chi connectivity index (χ4v) is 3.44. The number of pyridine rings is 1. The molecule has 2 aromatic heterocycles. The predicted octanol–water partition coefficient (Wildman–Crippen LogP) is 5.78. The first-order valence-corrected chi connectivity index (χ1v) is 8.13. The van der Waals surface area contributed by atoms with Crippen molar-refractivity contribution in [3.8, 4) is 0 Å². The van der Waals surface area contributed by atoms with Crippen LogP contribution >= 0.6 is 0 Å². The van der Waals surface area contributed by atoms with E-state index in [2.05, 4.69) is 67.8 Å². The number of fused-ring (bicyclic) bond motifs is 6. The zero-order valence-electron chi connectivity index (χ0n) is 16.1. The Morgan fingerprint density at radius 1 is 1.12 bits per heavy atom. The number of aromatic nitrogens is 2. The third-order valence-electron chi connectivity index (χ3n) is 4.25. The quantitative estimate of drug-likeness (QED) is 0.201. The van der Waals surface area contributed by atoms with Crippen molar-refractivity contribution in [1.82, 2.24) is 9.38 Å². The average molecular weight is 598 g/mol. The summed E-state index contributed by atoms with van der Waals surface area (Å²) in [6, 6.07) is 16.4. The van der Waals surface area contributed by atoms with Gasteiger partial charge in [-0.15, -0.1) is 29.7 Å². The number of hydrogen-bond acceptors (Lipinski definition) is 1. The van der Waals surface area contributed by atoms with Crippen molar-refractivity contribution in [3.05, 3.63) is 67.3 Å². The molecule has 0 atom stereocenters. The van der Waals surface area contributed by atoms with Crippen molar-refractivity contribution in [2.24, 2.45) is 5.41 Å². The van der Waals surface area contributed by atoms with Crippen LogP contribution in [0.3, 0.4) is 0 Å². The second-order valence-electron chi connectivity index (χ2n) is 7.62. The maximum atomic E-state index is 4.70. The van der Waals surface area contributed by atoms with Crippen molar-refractivity contribution in [1.29, 1.82) is 0 Å². The minimum atomic E-state index is 0. The summed E-state index contributed by atoms with van der Waals surface area (Å²) in [5, 5.41) is 3.61. The Hall–Kier alpha value is -0.597. The minimum absolute atomic E-state index is 0. The first-order valence-electron chi connectivity index (χ1n) is 8.13. The van der Waals surface area contributed by atoms with Gasteiger partial charge in [0.05, 0.1) is 5.65 Å². The molecule has 0 aliphatic carbocycles. The van der Waals surface area contributed by atoms with Gasteiger partial charge >= 0.3 is 0 Å². The van der Waals surface area contributed by atoms with E-state index in [4.69, 9.17) is 4.98 Å². The summed E-state index contributed by atoms with van der Waals surface area (Å²) in [4.78, 5) is 4.70. The number of hydrogen-bond donors (Lipinski definition) is 0. The van der Waals surface area contributed by atoms with Crippen LogP contribution in [0, 0.1) is 25.8 Å². The Kier molecular flexibility index (Phi) is 7.76. The predicted molar refractivity (Wildman–Crippen MR) is 103 cm³/mol. The van der Waals surface area contributed by atoms with Gasteiger partial charge in [-0.1, -0.05) is 38.3 Å². The summed E-state index contributed by atoms with van der Waals surface area (Å²) in [6.07, 6.45) is 3.18. The van der Waals surface area contributed by atoms with Crippen LogP contribution in [0.1, 0.15) is 32.0 Å². The van der Waals surface area contributed by atoms with Gasteiger partial charge in [0.15, 0.2) is 0 Å². The van der Waals surface area contributed by atoms with E-state index in [1.54, 1.807) is 0 Å². The molecule has 0 aliphatic heterocycles. The Bertz CT molecular complexity index is 1040. The van der Waals surface area contributed by atoms with Crippen molar-refractivity contribution in [3.63, 3.8) is 0 Å². The van der Waals surface area contributed by atoms with Crippen LogP contribution in [0.15, 0.2) is 42.6 Å². The molecule has 0 bridgehead atoms. The molecule has 4 rings (SSSR count). The molecule has 136 valence electrons. The van der Waals surface area contributed by atoms with Crippen LogP contribution in [0.5, 0.6) is 0 Å².